The van der Waals surface area contributed by atoms with Gasteiger partial charge in [0, 0.05) is 6.54 Å². The molecule has 0 saturated heterocycles. The van der Waals surface area contributed by atoms with E-state index in [1.807, 2.05) is 26.0 Å². The molecule has 1 amide bonds. The summed E-state index contributed by atoms with van der Waals surface area (Å²) in [7, 11) is 1.61. The summed E-state index contributed by atoms with van der Waals surface area (Å²) in [5, 5.41) is 2.87. The second-order valence-corrected chi connectivity index (χ2v) is 6.23. The highest BCUT2D eigenvalue weighted by Gasteiger charge is 2.04. The van der Waals surface area contributed by atoms with Crippen LogP contribution in [0.1, 0.15) is 25.8 Å². The van der Waals surface area contributed by atoms with Crippen molar-refractivity contribution in [2.45, 2.75) is 32.8 Å². The van der Waals surface area contributed by atoms with Crippen LogP contribution in [-0.2, 0) is 11.2 Å². The van der Waals surface area contributed by atoms with Gasteiger partial charge in [-0.05, 0) is 68.7 Å². The summed E-state index contributed by atoms with van der Waals surface area (Å²) in [5.74, 6) is 2.15. The molecular formula is C21H27NO4. The maximum atomic E-state index is 11.8. The maximum absolute atomic E-state index is 11.8. The third-order valence-corrected chi connectivity index (χ3v) is 3.66. The molecule has 0 aliphatic heterocycles. The zero-order chi connectivity index (χ0) is 18.8. The number of hydrogen-bond donors (Lipinski definition) is 1. The lowest BCUT2D eigenvalue weighted by molar-refractivity contribution is -0.123. The molecule has 0 heterocycles. The lowest BCUT2D eigenvalue weighted by Crippen LogP contribution is -2.29. The van der Waals surface area contributed by atoms with Crippen LogP contribution >= 0.6 is 0 Å². The van der Waals surface area contributed by atoms with Crippen LogP contribution in [0.25, 0.3) is 0 Å². The van der Waals surface area contributed by atoms with Gasteiger partial charge in [0.25, 0.3) is 5.91 Å². The van der Waals surface area contributed by atoms with Crippen LogP contribution in [0.5, 0.6) is 17.2 Å². The van der Waals surface area contributed by atoms with E-state index in [0.29, 0.717) is 12.3 Å². The first-order valence-corrected chi connectivity index (χ1v) is 8.86. The Morgan fingerprint density at radius 3 is 2.46 bits per heavy atom. The molecule has 0 radical (unpaired) electrons. The first kappa shape index (κ1) is 19.6. The lowest BCUT2D eigenvalue weighted by Gasteiger charge is -2.11. The maximum Gasteiger partial charge on any atom is 0.257 e. The molecule has 5 nitrogen and oxygen atoms in total. The van der Waals surface area contributed by atoms with Gasteiger partial charge in [0.1, 0.15) is 17.2 Å². The van der Waals surface area contributed by atoms with E-state index in [9.17, 15) is 4.79 Å². The minimum absolute atomic E-state index is 0.00401. The van der Waals surface area contributed by atoms with E-state index in [4.69, 9.17) is 14.2 Å². The van der Waals surface area contributed by atoms with Gasteiger partial charge >= 0.3 is 0 Å². The molecule has 140 valence electrons. The van der Waals surface area contributed by atoms with Crippen molar-refractivity contribution in [3.05, 3.63) is 54.1 Å². The molecule has 1 N–H and O–H groups in total. The molecule has 0 saturated carbocycles. The number of methoxy groups -OCH3 is 1. The molecule has 2 aromatic rings. The average molecular weight is 357 g/mol. The van der Waals surface area contributed by atoms with E-state index < -0.39 is 0 Å². The number of benzene rings is 2. The summed E-state index contributed by atoms with van der Waals surface area (Å²) in [4.78, 5) is 11.8. The number of aryl methyl sites for hydroxylation is 1. The highest BCUT2D eigenvalue weighted by atomic mass is 16.5. The van der Waals surface area contributed by atoms with Crippen LogP contribution in [0.2, 0.25) is 0 Å². The van der Waals surface area contributed by atoms with Crippen LogP contribution in [0.3, 0.4) is 0 Å². The Labute approximate surface area is 155 Å². The zero-order valence-electron chi connectivity index (χ0n) is 15.7. The van der Waals surface area contributed by atoms with Crippen LogP contribution < -0.4 is 19.5 Å². The Balaban J connectivity index is 1.65. The zero-order valence-corrected chi connectivity index (χ0v) is 15.7. The standard InChI is InChI=1S/C21H27NO4/c1-16(2)26-20-8-4-6-17(14-20)7-5-13-22-21(23)15-25-19-11-9-18(24-3)10-12-19/h4,6,8-12,14,16H,5,7,13,15H2,1-3H3,(H,22,23). The molecule has 0 aliphatic rings. The van der Waals surface area contributed by atoms with Gasteiger partial charge in [0.15, 0.2) is 6.61 Å². The molecule has 0 atom stereocenters. The molecule has 0 spiro atoms. The SMILES string of the molecule is COc1ccc(OCC(=O)NCCCc2cccc(OC(C)C)c2)cc1. The van der Waals surface area contributed by atoms with Gasteiger partial charge in [-0.15, -0.1) is 0 Å². The fourth-order valence-electron chi connectivity index (χ4n) is 2.44. The molecule has 0 unspecified atom stereocenters. The molecule has 5 heteroatoms. The van der Waals surface area contributed by atoms with Crippen molar-refractivity contribution >= 4 is 5.91 Å². The first-order chi connectivity index (χ1) is 12.6. The topological polar surface area (TPSA) is 56.8 Å². The third kappa shape index (κ3) is 7.05. The van der Waals surface area contributed by atoms with Crippen molar-refractivity contribution < 1.29 is 19.0 Å². The third-order valence-electron chi connectivity index (χ3n) is 3.66. The molecule has 0 aliphatic carbocycles. The number of hydrogen-bond acceptors (Lipinski definition) is 4. The summed E-state index contributed by atoms with van der Waals surface area (Å²) in [6.07, 6.45) is 1.91. The number of amides is 1. The highest BCUT2D eigenvalue weighted by Crippen LogP contribution is 2.17. The van der Waals surface area contributed by atoms with E-state index in [2.05, 4.69) is 17.4 Å². The normalized spacial score (nSPS) is 10.5. The van der Waals surface area contributed by atoms with Crippen molar-refractivity contribution in [1.29, 1.82) is 0 Å². The van der Waals surface area contributed by atoms with Gasteiger partial charge < -0.3 is 19.5 Å². The Kier molecular flexibility index (Phi) is 7.80. The van der Waals surface area contributed by atoms with Gasteiger partial charge in [-0.2, -0.15) is 0 Å². The van der Waals surface area contributed by atoms with Crippen molar-refractivity contribution in [3.63, 3.8) is 0 Å². The second kappa shape index (κ2) is 10.3. The van der Waals surface area contributed by atoms with Gasteiger partial charge in [-0.1, -0.05) is 12.1 Å². The van der Waals surface area contributed by atoms with Crippen LogP contribution in [-0.4, -0.2) is 32.3 Å². The molecule has 0 aromatic heterocycles. The number of carbonyl (C=O) groups is 1. The van der Waals surface area contributed by atoms with E-state index >= 15 is 0 Å². The van der Waals surface area contributed by atoms with E-state index in [1.165, 1.54) is 5.56 Å². The minimum atomic E-state index is -0.127. The van der Waals surface area contributed by atoms with Crippen molar-refractivity contribution in [1.82, 2.24) is 5.32 Å². The average Bonchev–Trinajstić information content (AvgIpc) is 2.64. The monoisotopic (exact) mass is 357 g/mol. The highest BCUT2D eigenvalue weighted by molar-refractivity contribution is 5.77. The van der Waals surface area contributed by atoms with Gasteiger partial charge in [-0.3, -0.25) is 4.79 Å². The second-order valence-electron chi connectivity index (χ2n) is 6.23. The van der Waals surface area contributed by atoms with Crippen molar-refractivity contribution in [2.24, 2.45) is 0 Å². The van der Waals surface area contributed by atoms with E-state index in [1.54, 1.807) is 31.4 Å². The molecule has 0 bridgehead atoms. The predicted octanol–water partition coefficient (Wildman–Crippen LogP) is 3.61. The molecular weight excluding hydrogens is 330 g/mol. The fraction of sp³-hybridized carbons (Fsp3) is 0.381. The quantitative estimate of drug-likeness (QED) is 0.660. The molecule has 26 heavy (non-hydrogen) atoms. The molecule has 0 fully saturated rings. The van der Waals surface area contributed by atoms with Crippen LogP contribution in [0.15, 0.2) is 48.5 Å². The van der Waals surface area contributed by atoms with E-state index in [0.717, 1.165) is 24.3 Å². The Bertz CT molecular complexity index is 683. The Morgan fingerprint density at radius 1 is 1.04 bits per heavy atom. The minimum Gasteiger partial charge on any atom is -0.497 e. The summed E-state index contributed by atoms with van der Waals surface area (Å²) in [6.45, 7) is 4.64. The van der Waals surface area contributed by atoms with Gasteiger partial charge in [0.2, 0.25) is 0 Å². The van der Waals surface area contributed by atoms with Crippen molar-refractivity contribution in [3.8, 4) is 17.2 Å². The Hall–Kier alpha value is -2.69. The smallest absolute Gasteiger partial charge is 0.257 e. The van der Waals surface area contributed by atoms with Gasteiger partial charge in [0.05, 0.1) is 13.2 Å². The summed E-state index contributed by atoms with van der Waals surface area (Å²) in [5.41, 5.74) is 1.20. The van der Waals surface area contributed by atoms with Gasteiger partial charge in [-0.25, -0.2) is 0 Å². The first-order valence-electron chi connectivity index (χ1n) is 8.86. The number of ether oxygens (including phenoxy) is 3. The van der Waals surface area contributed by atoms with E-state index in [-0.39, 0.29) is 18.6 Å². The largest absolute Gasteiger partial charge is 0.497 e. The molecule has 2 aromatic carbocycles. The number of nitrogens with one attached hydrogen (secondary N) is 1. The Morgan fingerprint density at radius 2 is 1.77 bits per heavy atom. The number of rotatable bonds is 10. The lowest BCUT2D eigenvalue weighted by atomic mass is 10.1. The predicted molar refractivity (Wildman–Crippen MR) is 102 cm³/mol. The molecule has 2 rings (SSSR count). The van der Waals surface area contributed by atoms with Crippen molar-refractivity contribution in [2.75, 3.05) is 20.3 Å². The summed E-state index contributed by atoms with van der Waals surface area (Å²) < 4.78 is 16.2. The fourth-order valence-corrected chi connectivity index (χ4v) is 2.44. The summed E-state index contributed by atoms with van der Waals surface area (Å²) >= 11 is 0. The van der Waals surface area contributed by atoms with Crippen LogP contribution in [0.4, 0.5) is 0 Å². The summed E-state index contributed by atoms with van der Waals surface area (Å²) in [6, 6.07) is 15.2. The van der Waals surface area contributed by atoms with Crippen LogP contribution in [0, 0.1) is 0 Å². The number of carbonyl (C=O) groups excluding carboxylic acids is 1.